The van der Waals surface area contributed by atoms with Gasteiger partial charge in [0.1, 0.15) is 6.29 Å². The molecule has 2 aromatic carbocycles. The highest BCUT2D eigenvalue weighted by Gasteiger charge is 2.18. The standard InChI is InChI=1S/C18H16ClNO4/c1-12(17(22)20-10-13-4-8-16(19)9-5-13)24-18(23)15-6-2-14(11-21)3-7-15/h2-9,11-12H,10H2,1H3,(H,20,22). The summed E-state index contributed by atoms with van der Waals surface area (Å²) < 4.78 is 5.12. The summed E-state index contributed by atoms with van der Waals surface area (Å²) in [4.78, 5) is 34.5. The van der Waals surface area contributed by atoms with E-state index in [4.69, 9.17) is 16.3 Å². The lowest BCUT2D eigenvalue weighted by atomic mass is 10.1. The number of carbonyl (C=O) groups excluding carboxylic acids is 3. The number of carbonyl (C=O) groups is 3. The number of hydrogen-bond acceptors (Lipinski definition) is 4. The van der Waals surface area contributed by atoms with Crippen molar-refractivity contribution >= 4 is 29.8 Å². The van der Waals surface area contributed by atoms with Gasteiger partial charge >= 0.3 is 5.97 Å². The highest BCUT2D eigenvalue weighted by molar-refractivity contribution is 6.30. The van der Waals surface area contributed by atoms with Crippen LogP contribution in [0.5, 0.6) is 0 Å². The normalized spacial score (nSPS) is 11.4. The Morgan fingerprint density at radius 3 is 2.33 bits per heavy atom. The predicted octanol–water partition coefficient (Wildman–Crippen LogP) is 3.01. The smallest absolute Gasteiger partial charge is 0.338 e. The van der Waals surface area contributed by atoms with E-state index in [0.29, 0.717) is 23.4 Å². The van der Waals surface area contributed by atoms with Gasteiger partial charge in [0.25, 0.3) is 5.91 Å². The Labute approximate surface area is 144 Å². The van der Waals surface area contributed by atoms with Crippen molar-refractivity contribution < 1.29 is 19.1 Å². The third-order valence-electron chi connectivity index (χ3n) is 3.32. The summed E-state index contributed by atoms with van der Waals surface area (Å²) in [6.07, 6.45) is -0.252. The van der Waals surface area contributed by atoms with Crippen LogP contribution in [0.25, 0.3) is 0 Å². The average molecular weight is 346 g/mol. The minimum Gasteiger partial charge on any atom is -0.449 e. The topological polar surface area (TPSA) is 72.5 Å². The molecule has 0 spiro atoms. The lowest BCUT2D eigenvalue weighted by Crippen LogP contribution is -2.35. The van der Waals surface area contributed by atoms with Crippen molar-refractivity contribution in [1.29, 1.82) is 0 Å². The molecule has 1 unspecified atom stereocenters. The van der Waals surface area contributed by atoms with Crippen LogP contribution in [0.2, 0.25) is 5.02 Å². The summed E-state index contributed by atoms with van der Waals surface area (Å²) in [5.74, 6) is -1.02. The molecule has 24 heavy (non-hydrogen) atoms. The average Bonchev–Trinajstić information content (AvgIpc) is 2.60. The zero-order valence-electron chi connectivity index (χ0n) is 13.0. The Hall–Kier alpha value is -2.66. The van der Waals surface area contributed by atoms with Crippen molar-refractivity contribution in [1.82, 2.24) is 5.32 Å². The van der Waals surface area contributed by atoms with Gasteiger partial charge in [-0.25, -0.2) is 4.79 Å². The SMILES string of the molecule is CC(OC(=O)c1ccc(C=O)cc1)C(=O)NCc1ccc(Cl)cc1. The second-order valence-electron chi connectivity index (χ2n) is 5.13. The highest BCUT2D eigenvalue weighted by Crippen LogP contribution is 2.10. The summed E-state index contributed by atoms with van der Waals surface area (Å²) in [6, 6.07) is 13.0. The molecule has 0 aromatic heterocycles. The van der Waals surface area contributed by atoms with Gasteiger partial charge in [0.05, 0.1) is 5.56 Å². The maximum Gasteiger partial charge on any atom is 0.338 e. The molecule has 6 heteroatoms. The first-order valence-electron chi connectivity index (χ1n) is 7.28. The van der Waals surface area contributed by atoms with E-state index in [1.54, 1.807) is 24.3 Å². The number of benzene rings is 2. The molecule has 0 aliphatic carbocycles. The van der Waals surface area contributed by atoms with E-state index >= 15 is 0 Å². The fourth-order valence-electron chi connectivity index (χ4n) is 1.92. The van der Waals surface area contributed by atoms with Crippen molar-refractivity contribution in [2.45, 2.75) is 19.6 Å². The Morgan fingerprint density at radius 1 is 1.12 bits per heavy atom. The molecule has 0 radical (unpaired) electrons. The maximum absolute atomic E-state index is 12.0. The molecule has 0 saturated heterocycles. The van der Waals surface area contributed by atoms with E-state index in [9.17, 15) is 14.4 Å². The first-order chi connectivity index (χ1) is 11.5. The van der Waals surface area contributed by atoms with Crippen LogP contribution < -0.4 is 5.32 Å². The molecule has 0 bridgehead atoms. The zero-order valence-corrected chi connectivity index (χ0v) is 13.7. The molecule has 0 aliphatic heterocycles. The van der Waals surface area contributed by atoms with Gasteiger partial charge in [-0.2, -0.15) is 0 Å². The first kappa shape index (κ1) is 17.7. The number of amides is 1. The van der Waals surface area contributed by atoms with Crippen molar-refractivity contribution in [3.05, 3.63) is 70.2 Å². The third kappa shape index (κ3) is 4.93. The number of rotatable bonds is 6. The largest absolute Gasteiger partial charge is 0.449 e. The molecular weight excluding hydrogens is 330 g/mol. The van der Waals surface area contributed by atoms with Gasteiger partial charge in [-0.3, -0.25) is 9.59 Å². The molecule has 2 aromatic rings. The second-order valence-corrected chi connectivity index (χ2v) is 5.57. The lowest BCUT2D eigenvalue weighted by molar-refractivity contribution is -0.129. The van der Waals surface area contributed by atoms with E-state index in [0.717, 1.165) is 5.56 Å². The third-order valence-corrected chi connectivity index (χ3v) is 3.57. The van der Waals surface area contributed by atoms with Crippen molar-refractivity contribution in [2.24, 2.45) is 0 Å². The monoisotopic (exact) mass is 345 g/mol. The Kier molecular flexibility index (Phi) is 6.09. The molecule has 0 heterocycles. The van der Waals surface area contributed by atoms with Gasteiger partial charge in [0.15, 0.2) is 6.10 Å². The molecule has 1 atom stereocenters. The fourth-order valence-corrected chi connectivity index (χ4v) is 2.04. The summed E-state index contributed by atoms with van der Waals surface area (Å²) >= 11 is 5.80. The van der Waals surface area contributed by atoms with Gasteiger partial charge in [-0.05, 0) is 36.8 Å². The lowest BCUT2D eigenvalue weighted by Gasteiger charge is -2.13. The van der Waals surface area contributed by atoms with Gasteiger partial charge in [0.2, 0.25) is 0 Å². The van der Waals surface area contributed by atoms with Gasteiger partial charge in [-0.1, -0.05) is 35.9 Å². The van der Waals surface area contributed by atoms with E-state index in [1.165, 1.54) is 31.2 Å². The van der Waals surface area contributed by atoms with Crippen molar-refractivity contribution in [3.8, 4) is 0 Å². The molecule has 1 N–H and O–H groups in total. The van der Waals surface area contributed by atoms with E-state index < -0.39 is 18.0 Å². The molecule has 0 saturated carbocycles. The van der Waals surface area contributed by atoms with Crippen LogP contribution in [0.4, 0.5) is 0 Å². The molecule has 2 rings (SSSR count). The summed E-state index contributed by atoms with van der Waals surface area (Å²) in [7, 11) is 0. The van der Waals surface area contributed by atoms with Crippen LogP contribution in [0.1, 0.15) is 33.2 Å². The molecule has 0 fully saturated rings. The van der Waals surface area contributed by atoms with Gasteiger partial charge < -0.3 is 10.1 Å². The van der Waals surface area contributed by atoms with Crippen LogP contribution in [-0.2, 0) is 16.1 Å². The van der Waals surface area contributed by atoms with Crippen LogP contribution in [0, 0.1) is 0 Å². The number of aldehydes is 1. The zero-order chi connectivity index (χ0) is 17.5. The molecule has 1 amide bonds. The summed E-state index contributed by atoms with van der Waals surface area (Å²) in [5.41, 5.74) is 1.62. The van der Waals surface area contributed by atoms with E-state index in [2.05, 4.69) is 5.32 Å². The summed E-state index contributed by atoms with van der Waals surface area (Å²) in [5, 5.41) is 3.31. The Bertz CT molecular complexity index is 726. The quantitative estimate of drug-likeness (QED) is 0.645. The van der Waals surface area contributed by atoms with Crippen molar-refractivity contribution in [3.63, 3.8) is 0 Å². The summed E-state index contributed by atoms with van der Waals surface area (Å²) in [6.45, 7) is 1.81. The predicted molar refractivity (Wildman–Crippen MR) is 90.0 cm³/mol. The van der Waals surface area contributed by atoms with Crippen molar-refractivity contribution in [2.75, 3.05) is 0 Å². The van der Waals surface area contributed by atoms with Crippen LogP contribution in [0.15, 0.2) is 48.5 Å². The molecule has 5 nitrogen and oxygen atoms in total. The van der Waals surface area contributed by atoms with E-state index in [-0.39, 0.29) is 5.56 Å². The van der Waals surface area contributed by atoms with Crippen LogP contribution in [0.3, 0.4) is 0 Å². The number of hydrogen-bond donors (Lipinski definition) is 1. The number of halogens is 1. The van der Waals surface area contributed by atoms with Crippen LogP contribution >= 0.6 is 11.6 Å². The number of ether oxygens (including phenoxy) is 1. The second kappa shape index (κ2) is 8.26. The van der Waals surface area contributed by atoms with E-state index in [1.807, 2.05) is 0 Å². The Morgan fingerprint density at radius 2 is 1.75 bits per heavy atom. The highest BCUT2D eigenvalue weighted by atomic mass is 35.5. The number of nitrogens with one attached hydrogen (secondary N) is 1. The minimum absolute atomic E-state index is 0.276. The van der Waals surface area contributed by atoms with Gasteiger partial charge in [0, 0.05) is 17.1 Å². The molecular formula is C18H16ClNO4. The molecule has 124 valence electrons. The van der Waals surface area contributed by atoms with Crippen LogP contribution in [-0.4, -0.2) is 24.3 Å². The fraction of sp³-hybridized carbons (Fsp3) is 0.167. The van der Waals surface area contributed by atoms with Gasteiger partial charge in [-0.15, -0.1) is 0 Å². The maximum atomic E-state index is 12.0. The molecule has 0 aliphatic rings. The first-order valence-corrected chi connectivity index (χ1v) is 7.66. The minimum atomic E-state index is -0.935. The number of esters is 1. The Balaban J connectivity index is 1.86.